The summed E-state index contributed by atoms with van der Waals surface area (Å²) in [5, 5.41) is 5.47. The smallest absolute Gasteiger partial charge is 0.137 e. The second kappa shape index (κ2) is 6.14. The fraction of sp³-hybridized carbons (Fsp3) is 0.438. The number of likely N-dealkylation sites (tertiary alicyclic amines) is 1. The van der Waals surface area contributed by atoms with Crippen LogP contribution in [0, 0.1) is 0 Å². The molecule has 1 atom stereocenters. The highest BCUT2D eigenvalue weighted by molar-refractivity contribution is 7.18. The van der Waals surface area contributed by atoms with E-state index in [1.807, 2.05) is 22.3 Å². The molecule has 0 saturated carbocycles. The minimum Gasteiger partial charge on any atom is -0.292 e. The average molecular weight is 313 g/mol. The Morgan fingerprint density at radius 1 is 1.23 bits per heavy atom. The summed E-state index contributed by atoms with van der Waals surface area (Å²) in [6.45, 7) is 3.01. The molecule has 2 aromatic heterocycles. The van der Waals surface area contributed by atoms with Crippen LogP contribution >= 0.6 is 11.3 Å². The van der Waals surface area contributed by atoms with Crippen LogP contribution in [0.15, 0.2) is 36.9 Å². The van der Waals surface area contributed by atoms with Crippen molar-refractivity contribution in [3.05, 3.63) is 41.9 Å². The van der Waals surface area contributed by atoms with Crippen molar-refractivity contribution in [1.29, 1.82) is 0 Å². The summed E-state index contributed by atoms with van der Waals surface area (Å²) in [4.78, 5) is 11.4. The van der Waals surface area contributed by atoms with Crippen LogP contribution in [-0.2, 0) is 13.1 Å². The minimum absolute atomic E-state index is 0.530. The van der Waals surface area contributed by atoms with Gasteiger partial charge in [0.05, 0.1) is 23.3 Å². The number of hydrogen-bond donors (Lipinski definition) is 0. The van der Waals surface area contributed by atoms with E-state index in [9.17, 15) is 0 Å². The topological polar surface area (TPSA) is 46.8 Å². The van der Waals surface area contributed by atoms with Crippen molar-refractivity contribution in [1.82, 2.24) is 24.6 Å². The molecule has 1 fully saturated rings. The summed E-state index contributed by atoms with van der Waals surface area (Å²) in [7, 11) is 0. The Balaban J connectivity index is 1.51. The van der Waals surface area contributed by atoms with E-state index in [1.54, 1.807) is 6.33 Å². The molecule has 0 amide bonds. The molecule has 3 aromatic rings. The van der Waals surface area contributed by atoms with Crippen molar-refractivity contribution < 1.29 is 0 Å². The molecule has 0 spiro atoms. The Morgan fingerprint density at radius 2 is 2.18 bits per heavy atom. The van der Waals surface area contributed by atoms with E-state index in [1.165, 1.54) is 29.0 Å². The molecule has 1 aromatic carbocycles. The molecule has 6 heteroatoms. The lowest BCUT2D eigenvalue weighted by Crippen LogP contribution is -2.41. The molecule has 1 aliphatic heterocycles. The Morgan fingerprint density at radius 3 is 3.05 bits per heavy atom. The van der Waals surface area contributed by atoms with Gasteiger partial charge in [0, 0.05) is 6.04 Å². The molecule has 0 N–H and O–H groups in total. The van der Waals surface area contributed by atoms with Crippen molar-refractivity contribution >= 4 is 21.6 Å². The van der Waals surface area contributed by atoms with Crippen molar-refractivity contribution in [2.45, 2.75) is 38.4 Å². The van der Waals surface area contributed by atoms with Gasteiger partial charge in [-0.15, -0.1) is 11.3 Å². The molecular formula is C16H19N5S. The summed E-state index contributed by atoms with van der Waals surface area (Å²) in [6, 6.07) is 8.92. The third-order valence-corrected chi connectivity index (χ3v) is 5.31. The van der Waals surface area contributed by atoms with E-state index in [-0.39, 0.29) is 0 Å². The molecule has 4 rings (SSSR count). The normalized spacial score (nSPS) is 19.7. The van der Waals surface area contributed by atoms with Gasteiger partial charge in [0.1, 0.15) is 17.7 Å². The van der Waals surface area contributed by atoms with E-state index in [2.05, 4.69) is 39.2 Å². The maximum absolute atomic E-state index is 4.78. The number of fused-ring (bicyclic) bond motifs is 1. The summed E-state index contributed by atoms with van der Waals surface area (Å²) in [6.07, 6.45) is 7.23. The summed E-state index contributed by atoms with van der Waals surface area (Å²) < 4.78 is 3.23. The highest BCUT2D eigenvalue weighted by Crippen LogP contribution is 2.26. The monoisotopic (exact) mass is 313 g/mol. The van der Waals surface area contributed by atoms with E-state index < -0.39 is 0 Å². The zero-order chi connectivity index (χ0) is 14.8. The van der Waals surface area contributed by atoms with Crippen LogP contribution in [0.3, 0.4) is 0 Å². The number of piperidine rings is 1. The van der Waals surface area contributed by atoms with Gasteiger partial charge in [-0.1, -0.05) is 18.6 Å². The molecule has 22 heavy (non-hydrogen) atoms. The van der Waals surface area contributed by atoms with Crippen LogP contribution in [0.4, 0.5) is 0 Å². The molecule has 0 unspecified atom stereocenters. The van der Waals surface area contributed by atoms with Crippen molar-refractivity contribution in [2.75, 3.05) is 6.54 Å². The standard InChI is InChI=1S/C16H19N5S/c1-2-7-15-14(6-1)19-16(22-15)10-20-8-4-3-5-13(20)9-21-12-17-11-18-21/h1-2,6-7,11-13H,3-5,8-10H2/t13-/m0/s1. The lowest BCUT2D eigenvalue weighted by molar-refractivity contribution is 0.122. The van der Waals surface area contributed by atoms with Crippen molar-refractivity contribution in [3.8, 4) is 0 Å². The first-order chi connectivity index (χ1) is 10.9. The highest BCUT2D eigenvalue weighted by Gasteiger charge is 2.24. The van der Waals surface area contributed by atoms with Crippen LogP contribution in [0.1, 0.15) is 24.3 Å². The average Bonchev–Trinajstić information content (AvgIpc) is 3.18. The first-order valence-corrected chi connectivity index (χ1v) is 8.61. The van der Waals surface area contributed by atoms with Gasteiger partial charge in [-0.25, -0.2) is 9.97 Å². The van der Waals surface area contributed by atoms with Crippen molar-refractivity contribution in [2.24, 2.45) is 0 Å². The van der Waals surface area contributed by atoms with Gasteiger partial charge in [0.2, 0.25) is 0 Å². The predicted molar refractivity (Wildman–Crippen MR) is 87.7 cm³/mol. The van der Waals surface area contributed by atoms with Crippen LogP contribution in [-0.4, -0.2) is 37.2 Å². The Kier molecular flexibility index (Phi) is 3.86. The van der Waals surface area contributed by atoms with Gasteiger partial charge in [-0.3, -0.25) is 9.58 Å². The van der Waals surface area contributed by atoms with Crippen LogP contribution in [0.25, 0.3) is 10.2 Å². The molecule has 5 nitrogen and oxygen atoms in total. The first kappa shape index (κ1) is 13.8. The van der Waals surface area contributed by atoms with Crippen LogP contribution < -0.4 is 0 Å². The summed E-state index contributed by atoms with van der Waals surface area (Å²) in [5.74, 6) is 0. The molecule has 0 aliphatic carbocycles. The quantitative estimate of drug-likeness (QED) is 0.743. The van der Waals surface area contributed by atoms with Gasteiger partial charge < -0.3 is 0 Å². The van der Waals surface area contributed by atoms with E-state index in [0.717, 1.165) is 25.2 Å². The molecule has 1 aliphatic rings. The second-order valence-corrected chi connectivity index (χ2v) is 6.93. The van der Waals surface area contributed by atoms with Gasteiger partial charge in [0.25, 0.3) is 0 Å². The second-order valence-electron chi connectivity index (χ2n) is 5.81. The number of hydrogen-bond acceptors (Lipinski definition) is 5. The fourth-order valence-corrected chi connectivity index (χ4v) is 4.17. The Hall–Kier alpha value is -1.79. The zero-order valence-corrected chi connectivity index (χ0v) is 13.2. The van der Waals surface area contributed by atoms with Gasteiger partial charge in [0.15, 0.2) is 0 Å². The predicted octanol–water partition coefficient (Wildman–Crippen LogP) is 2.94. The maximum atomic E-state index is 4.78. The number of thiazole rings is 1. The third-order valence-electron chi connectivity index (χ3n) is 4.29. The lowest BCUT2D eigenvalue weighted by Gasteiger charge is -2.34. The molecular weight excluding hydrogens is 294 g/mol. The lowest BCUT2D eigenvalue weighted by atomic mass is 10.0. The van der Waals surface area contributed by atoms with Crippen LogP contribution in [0.2, 0.25) is 0 Å². The first-order valence-electron chi connectivity index (χ1n) is 7.79. The van der Waals surface area contributed by atoms with Gasteiger partial charge in [-0.05, 0) is 31.5 Å². The molecule has 3 heterocycles. The highest BCUT2D eigenvalue weighted by atomic mass is 32.1. The maximum Gasteiger partial charge on any atom is 0.137 e. The summed E-state index contributed by atoms with van der Waals surface area (Å²) in [5.41, 5.74) is 1.12. The van der Waals surface area contributed by atoms with E-state index in [0.29, 0.717) is 6.04 Å². The molecule has 1 saturated heterocycles. The van der Waals surface area contributed by atoms with E-state index in [4.69, 9.17) is 4.98 Å². The Bertz CT molecular complexity index is 703. The number of para-hydroxylation sites is 1. The summed E-state index contributed by atoms with van der Waals surface area (Å²) >= 11 is 1.81. The van der Waals surface area contributed by atoms with Gasteiger partial charge >= 0.3 is 0 Å². The molecule has 0 radical (unpaired) electrons. The molecule has 0 bridgehead atoms. The van der Waals surface area contributed by atoms with Crippen molar-refractivity contribution in [3.63, 3.8) is 0 Å². The van der Waals surface area contributed by atoms with E-state index >= 15 is 0 Å². The van der Waals surface area contributed by atoms with Crippen LogP contribution in [0.5, 0.6) is 0 Å². The minimum atomic E-state index is 0.530. The SMILES string of the molecule is c1ccc2sc(CN3CCCC[C@H]3Cn3cncn3)nc2c1. The largest absolute Gasteiger partial charge is 0.292 e. The zero-order valence-electron chi connectivity index (χ0n) is 12.4. The Labute approximate surface area is 133 Å². The third kappa shape index (κ3) is 2.89. The number of aromatic nitrogens is 4. The number of benzene rings is 1. The molecule has 114 valence electrons. The fourth-order valence-electron chi connectivity index (χ4n) is 3.18. The van der Waals surface area contributed by atoms with Gasteiger partial charge in [-0.2, -0.15) is 5.10 Å². The number of nitrogens with zero attached hydrogens (tertiary/aromatic N) is 5. The number of rotatable bonds is 4.